The van der Waals surface area contributed by atoms with Gasteiger partial charge in [0.25, 0.3) is 5.91 Å². The first-order valence-electron chi connectivity index (χ1n) is 8.30. The molecule has 2 aliphatic rings. The number of amides is 1. The second-order valence-corrected chi connectivity index (χ2v) is 6.71. The molecule has 1 aromatic rings. The Morgan fingerprint density at radius 1 is 1.18 bits per heavy atom. The number of rotatable bonds is 2. The number of hydrogen-bond acceptors (Lipinski definition) is 3. The number of likely N-dealkylation sites (tertiary alicyclic amines) is 1. The minimum Gasteiger partial charge on any atom is -0.337 e. The van der Waals surface area contributed by atoms with Crippen LogP contribution in [0.15, 0.2) is 11.0 Å². The fourth-order valence-corrected chi connectivity index (χ4v) is 3.92. The van der Waals surface area contributed by atoms with Crippen LogP contribution in [0.2, 0.25) is 0 Å². The van der Waals surface area contributed by atoms with Gasteiger partial charge in [-0.1, -0.05) is 0 Å². The molecular weight excluding hydrogens is 280 g/mol. The van der Waals surface area contributed by atoms with E-state index in [4.69, 9.17) is 0 Å². The molecule has 0 bridgehead atoms. The minimum atomic E-state index is -0.143. The van der Waals surface area contributed by atoms with Crippen LogP contribution in [0.5, 0.6) is 0 Å². The average molecular weight is 306 g/mol. The lowest BCUT2D eigenvalue weighted by molar-refractivity contribution is 0.0596. The van der Waals surface area contributed by atoms with Crippen LogP contribution >= 0.6 is 0 Å². The predicted octanol–water partition coefficient (Wildman–Crippen LogP) is 0.576. The van der Waals surface area contributed by atoms with Gasteiger partial charge in [0.05, 0.1) is 0 Å². The molecule has 0 radical (unpaired) electrons. The van der Waals surface area contributed by atoms with Crippen LogP contribution in [0.3, 0.4) is 0 Å². The van der Waals surface area contributed by atoms with E-state index in [0.29, 0.717) is 11.6 Å². The summed E-state index contributed by atoms with van der Waals surface area (Å²) in [6.07, 6.45) is 6.38. The Morgan fingerprint density at radius 3 is 2.55 bits per heavy atom. The maximum atomic E-state index is 12.8. The molecule has 1 unspecified atom stereocenters. The third kappa shape index (κ3) is 2.84. The van der Waals surface area contributed by atoms with E-state index in [1.807, 2.05) is 4.90 Å². The molecule has 6 nitrogen and oxygen atoms in total. The highest BCUT2D eigenvalue weighted by atomic mass is 16.2. The third-order valence-corrected chi connectivity index (χ3v) is 5.28. The molecule has 0 saturated carbocycles. The van der Waals surface area contributed by atoms with E-state index in [-0.39, 0.29) is 11.6 Å². The van der Waals surface area contributed by atoms with Crippen molar-refractivity contribution in [3.8, 4) is 0 Å². The molecule has 122 valence electrons. The Balaban J connectivity index is 1.72. The van der Waals surface area contributed by atoms with Crippen molar-refractivity contribution < 1.29 is 4.79 Å². The number of hydrogen-bond donors (Lipinski definition) is 1. The van der Waals surface area contributed by atoms with Gasteiger partial charge in [-0.3, -0.25) is 9.36 Å². The normalized spacial score (nSPS) is 23.7. The third-order valence-electron chi connectivity index (χ3n) is 5.28. The van der Waals surface area contributed by atoms with Crippen LogP contribution in [0, 0.1) is 11.8 Å². The number of aromatic nitrogens is 2. The fraction of sp³-hybridized carbons (Fsp3) is 0.750. The lowest BCUT2D eigenvalue weighted by Gasteiger charge is -2.38. The number of aryl methyl sites for hydroxylation is 1. The summed E-state index contributed by atoms with van der Waals surface area (Å²) < 4.78 is 2.93. The number of carbonyl (C=O) groups is 1. The van der Waals surface area contributed by atoms with E-state index in [1.165, 1.54) is 28.4 Å². The molecule has 1 atom stereocenters. The molecule has 0 aliphatic carbocycles. The van der Waals surface area contributed by atoms with Crippen LogP contribution in [-0.2, 0) is 14.1 Å². The van der Waals surface area contributed by atoms with E-state index >= 15 is 0 Å². The van der Waals surface area contributed by atoms with Gasteiger partial charge in [0.15, 0.2) is 0 Å². The number of nitrogens with one attached hydrogen (secondary N) is 1. The van der Waals surface area contributed by atoms with Gasteiger partial charge in [0, 0.05) is 33.4 Å². The Hall–Kier alpha value is -1.56. The monoisotopic (exact) mass is 306 g/mol. The minimum absolute atomic E-state index is 0.00108. The zero-order valence-electron chi connectivity index (χ0n) is 13.5. The quantitative estimate of drug-likeness (QED) is 0.869. The van der Waals surface area contributed by atoms with Gasteiger partial charge in [-0.05, 0) is 50.6 Å². The molecule has 2 fully saturated rings. The molecule has 6 heteroatoms. The van der Waals surface area contributed by atoms with Gasteiger partial charge in [-0.2, -0.15) is 0 Å². The predicted molar refractivity (Wildman–Crippen MR) is 84.9 cm³/mol. The maximum Gasteiger partial charge on any atom is 0.328 e. The molecule has 0 aromatic carbocycles. The molecule has 2 aliphatic heterocycles. The van der Waals surface area contributed by atoms with Crippen molar-refractivity contribution in [1.82, 2.24) is 19.4 Å². The van der Waals surface area contributed by atoms with Crippen molar-refractivity contribution in [1.29, 1.82) is 0 Å². The van der Waals surface area contributed by atoms with E-state index in [1.54, 1.807) is 20.3 Å². The zero-order chi connectivity index (χ0) is 15.7. The Morgan fingerprint density at radius 2 is 1.91 bits per heavy atom. The Bertz CT molecular complexity index is 598. The molecule has 1 amide bonds. The number of carbonyl (C=O) groups excluding carboxylic acids is 1. The molecule has 1 N–H and O–H groups in total. The topological polar surface area (TPSA) is 59.3 Å². The summed E-state index contributed by atoms with van der Waals surface area (Å²) >= 11 is 0. The summed E-state index contributed by atoms with van der Waals surface area (Å²) in [5.74, 6) is 1.34. The number of piperidine rings is 2. The Labute approximate surface area is 131 Å². The van der Waals surface area contributed by atoms with Crippen molar-refractivity contribution in [3.63, 3.8) is 0 Å². The zero-order valence-corrected chi connectivity index (χ0v) is 13.5. The van der Waals surface area contributed by atoms with Crippen molar-refractivity contribution in [2.75, 3.05) is 26.2 Å². The molecular formula is C16H26N4O2. The van der Waals surface area contributed by atoms with Crippen LogP contribution in [0.25, 0.3) is 0 Å². The summed E-state index contributed by atoms with van der Waals surface area (Å²) in [7, 11) is 3.36. The maximum absolute atomic E-state index is 12.8. The van der Waals surface area contributed by atoms with E-state index in [2.05, 4.69) is 5.32 Å². The van der Waals surface area contributed by atoms with Crippen molar-refractivity contribution in [2.45, 2.75) is 25.7 Å². The molecule has 0 spiro atoms. The first-order valence-corrected chi connectivity index (χ1v) is 8.30. The van der Waals surface area contributed by atoms with Gasteiger partial charge in [-0.15, -0.1) is 0 Å². The van der Waals surface area contributed by atoms with E-state index in [9.17, 15) is 9.59 Å². The lowest BCUT2D eigenvalue weighted by atomic mass is 9.80. The molecule has 3 heterocycles. The second-order valence-electron chi connectivity index (χ2n) is 6.71. The molecule has 1 aromatic heterocycles. The SMILES string of the molecule is Cn1cc(C(=O)N2CCCC(C3CCNCC3)C2)n(C)c1=O. The van der Waals surface area contributed by atoms with Crippen molar-refractivity contribution in [3.05, 3.63) is 22.4 Å². The summed E-state index contributed by atoms with van der Waals surface area (Å²) in [6.45, 7) is 3.85. The molecule has 22 heavy (non-hydrogen) atoms. The fourth-order valence-electron chi connectivity index (χ4n) is 3.92. The highest BCUT2D eigenvalue weighted by Crippen LogP contribution is 2.30. The summed E-state index contributed by atoms with van der Waals surface area (Å²) in [5.41, 5.74) is 0.355. The van der Waals surface area contributed by atoms with Gasteiger partial charge in [0.2, 0.25) is 0 Å². The lowest BCUT2D eigenvalue weighted by Crippen LogP contribution is -2.44. The van der Waals surface area contributed by atoms with E-state index < -0.39 is 0 Å². The van der Waals surface area contributed by atoms with Crippen LogP contribution in [0.1, 0.15) is 36.2 Å². The smallest absolute Gasteiger partial charge is 0.328 e. The van der Waals surface area contributed by atoms with Gasteiger partial charge in [0.1, 0.15) is 5.69 Å². The van der Waals surface area contributed by atoms with Crippen LogP contribution in [-0.4, -0.2) is 46.1 Å². The van der Waals surface area contributed by atoms with Gasteiger partial charge >= 0.3 is 5.69 Å². The summed E-state index contributed by atoms with van der Waals surface area (Å²) in [5, 5.41) is 3.41. The molecule has 2 saturated heterocycles. The Kier molecular flexibility index (Phi) is 4.38. The average Bonchev–Trinajstić information content (AvgIpc) is 2.82. The van der Waals surface area contributed by atoms with Crippen molar-refractivity contribution in [2.24, 2.45) is 25.9 Å². The van der Waals surface area contributed by atoms with Crippen LogP contribution < -0.4 is 11.0 Å². The summed E-state index contributed by atoms with van der Waals surface area (Å²) in [4.78, 5) is 26.5. The van der Waals surface area contributed by atoms with Gasteiger partial charge < -0.3 is 14.8 Å². The standard InChI is InChI=1S/C16H26N4O2/c1-18-11-14(19(2)16(18)22)15(21)20-9-3-4-13(10-20)12-5-7-17-8-6-12/h11-13,17H,3-10H2,1-2H3. The first-order chi connectivity index (χ1) is 10.6. The first kappa shape index (κ1) is 15.3. The van der Waals surface area contributed by atoms with Crippen LogP contribution in [0.4, 0.5) is 0 Å². The summed E-state index contributed by atoms with van der Waals surface area (Å²) in [6, 6.07) is 0. The highest BCUT2D eigenvalue weighted by molar-refractivity contribution is 5.92. The second kappa shape index (κ2) is 6.28. The van der Waals surface area contributed by atoms with Crippen molar-refractivity contribution >= 4 is 5.91 Å². The largest absolute Gasteiger partial charge is 0.337 e. The van der Waals surface area contributed by atoms with E-state index in [0.717, 1.165) is 38.5 Å². The molecule has 3 rings (SSSR count). The highest BCUT2D eigenvalue weighted by Gasteiger charge is 2.31. The number of imidazole rings is 1. The van der Waals surface area contributed by atoms with Gasteiger partial charge in [-0.25, -0.2) is 4.79 Å². The number of nitrogens with zero attached hydrogens (tertiary/aromatic N) is 3.